The molecule has 1 amide bonds. The number of hydrogen-bond donors (Lipinski definition) is 0. The van der Waals surface area contributed by atoms with Gasteiger partial charge in [0.1, 0.15) is 5.75 Å². The molecule has 2 aromatic rings. The number of alkyl halides is 2. The highest BCUT2D eigenvalue weighted by atomic mass is 19.3. The van der Waals surface area contributed by atoms with Crippen LogP contribution in [0.2, 0.25) is 0 Å². The van der Waals surface area contributed by atoms with Gasteiger partial charge in [0.15, 0.2) is 6.10 Å². The zero-order chi connectivity index (χ0) is 20.1. The van der Waals surface area contributed by atoms with E-state index < -0.39 is 18.7 Å². The Morgan fingerprint density at radius 2 is 1.82 bits per heavy atom. The van der Waals surface area contributed by atoms with E-state index in [1.165, 1.54) is 43.3 Å². The summed E-state index contributed by atoms with van der Waals surface area (Å²) < 4.78 is 33.7. The van der Waals surface area contributed by atoms with Crippen LogP contribution in [0.25, 0.3) is 6.08 Å². The minimum atomic E-state index is -2.89. The van der Waals surface area contributed by atoms with Crippen LogP contribution in [0.15, 0.2) is 54.6 Å². The van der Waals surface area contributed by atoms with E-state index in [1.54, 1.807) is 4.90 Å². The lowest BCUT2D eigenvalue weighted by atomic mass is 10.2. The highest BCUT2D eigenvalue weighted by Crippen LogP contribution is 2.28. The number of amides is 1. The molecule has 2 aromatic carbocycles. The minimum Gasteiger partial charge on any atom is -0.449 e. The first-order chi connectivity index (χ1) is 13.4. The van der Waals surface area contributed by atoms with Crippen molar-refractivity contribution in [1.82, 2.24) is 0 Å². The third kappa shape index (κ3) is 4.73. The molecule has 0 aromatic heterocycles. The molecule has 0 bridgehead atoms. The Bertz CT molecular complexity index is 880. The van der Waals surface area contributed by atoms with Gasteiger partial charge in [0.05, 0.1) is 0 Å². The molecule has 146 valence electrons. The zero-order valence-corrected chi connectivity index (χ0v) is 15.2. The molecule has 0 unspecified atom stereocenters. The number of para-hydroxylation sites is 1. The lowest BCUT2D eigenvalue weighted by Crippen LogP contribution is -2.38. The van der Waals surface area contributed by atoms with E-state index >= 15 is 0 Å². The fraction of sp³-hybridized carbons (Fsp3) is 0.238. The second-order valence-corrected chi connectivity index (χ2v) is 6.23. The molecule has 0 N–H and O–H groups in total. The van der Waals surface area contributed by atoms with Gasteiger partial charge in [0.2, 0.25) is 0 Å². The molecule has 28 heavy (non-hydrogen) atoms. The summed E-state index contributed by atoms with van der Waals surface area (Å²) in [4.78, 5) is 26.2. The molecule has 1 aliphatic rings. The maximum atomic E-state index is 12.6. The monoisotopic (exact) mass is 387 g/mol. The van der Waals surface area contributed by atoms with Gasteiger partial charge >= 0.3 is 12.6 Å². The smallest absolute Gasteiger partial charge is 0.387 e. The van der Waals surface area contributed by atoms with Gasteiger partial charge in [-0.05, 0) is 48.7 Å². The molecule has 1 heterocycles. The number of hydrogen-bond acceptors (Lipinski definition) is 4. The Kier molecular flexibility index (Phi) is 6.03. The van der Waals surface area contributed by atoms with Crippen molar-refractivity contribution in [3.63, 3.8) is 0 Å². The van der Waals surface area contributed by atoms with Crippen LogP contribution in [-0.2, 0) is 20.7 Å². The van der Waals surface area contributed by atoms with Gasteiger partial charge in [-0.15, -0.1) is 0 Å². The van der Waals surface area contributed by atoms with Crippen molar-refractivity contribution < 1.29 is 27.8 Å². The van der Waals surface area contributed by atoms with Crippen molar-refractivity contribution >= 4 is 23.6 Å². The van der Waals surface area contributed by atoms with E-state index in [4.69, 9.17) is 4.74 Å². The molecule has 1 aliphatic heterocycles. The quantitative estimate of drug-likeness (QED) is 0.559. The first-order valence-electron chi connectivity index (χ1n) is 8.77. The number of carbonyl (C=O) groups is 2. The van der Waals surface area contributed by atoms with Gasteiger partial charge in [-0.2, -0.15) is 8.78 Å². The number of esters is 1. The molecule has 0 saturated heterocycles. The van der Waals surface area contributed by atoms with E-state index in [0.717, 1.165) is 17.7 Å². The van der Waals surface area contributed by atoms with Crippen molar-refractivity contribution in [2.24, 2.45) is 0 Å². The van der Waals surface area contributed by atoms with Crippen molar-refractivity contribution in [3.8, 4) is 5.75 Å². The van der Waals surface area contributed by atoms with Crippen LogP contribution in [0.3, 0.4) is 0 Å². The van der Waals surface area contributed by atoms with Gasteiger partial charge in [-0.3, -0.25) is 4.79 Å². The maximum Gasteiger partial charge on any atom is 0.387 e. The first kappa shape index (κ1) is 19.5. The SMILES string of the molecule is C[C@@H](OC(=O)/C=C/c1ccc(OC(F)F)cc1)C(=O)N1CCc2ccccc21. The minimum absolute atomic E-state index is 0.0276. The van der Waals surface area contributed by atoms with Gasteiger partial charge < -0.3 is 14.4 Å². The fourth-order valence-electron chi connectivity index (χ4n) is 2.98. The summed E-state index contributed by atoms with van der Waals surface area (Å²) in [6.45, 7) is -0.799. The van der Waals surface area contributed by atoms with Gasteiger partial charge in [0.25, 0.3) is 5.91 Å². The molecular formula is C21H19F2NO4. The number of halogens is 2. The van der Waals surface area contributed by atoms with Crippen LogP contribution >= 0.6 is 0 Å². The van der Waals surface area contributed by atoms with Crippen LogP contribution in [0.5, 0.6) is 5.75 Å². The Balaban J connectivity index is 1.55. The van der Waals surface area contributed by atoms with Crippen LogP contribution in [0.4, 0.5) is 14.5 Å². The lowest BCUT2D eigenvalue weighted by molar-refractivity contribution is -0.149. The summed E-state index contributed by atoms with van der Waals surface area (Å²) in [5.74, 6) is -0.915. The fourth-order valence-corrected chi connectivity index (χ4v) is 2.98. The van der Waals surface area contributed by atoms with Crippen molar-refractivity contribution in [2.45, 2.75) is 26.1 Å². The van der Waals surface area contributed by atoms with Crippen molar-refractivity contribution in [3.05, 3.63) is 65.7 Å². The standard InChI is InChI=1S/C21H19F2NO4/c1-14(20(26)24-13-12-16-4-2-3-5-18(16)24)27-19(25)11-8-15-6-9-17(10-7-15)28-21(22)23/h2-11,14,21H,12-13H2,1H3/b11-8+/t14-/m1/s1. The molecule has 0 aliphatic carbocycles. The molecule has 0 fully saturated rings. The molecule has 7 heteroatoms. The average Bonchev–Trinajstić information content (AvgIpc) is 3.10. The number of carbonyl (C=O) groups excluding carboxylic acids is 2. The molecule has 5 nitrogen and oxygen atoms in total. The average molecular weight is 387 g/mol. The summed E-state index contributed by atoms with van der Waals surface area (Å²) in [5, 5.41) is 0. The number of anilines is 1. The molecule has 3 rings (SSSR count). The van der Waals surface area contributed by atoms with Crippen LogP contribution in [-0.4, -0.2) is 31.1 Å². The Morgan fingerprint density at radius 3 is 2.54 bits per heavy atom. The molecule has 1 atom stereocenters. The van der Waals surface area contributed by atoms with E-state index in [9.17, 15) is 18.4 Å². The topological polar surface area (TPSA) is 55.8 Å². The number of fused-ring (bicyclic) bond motifs is 1. The number of ether oxygens (including phenoxy) is 2. The molecule has 0 saturated carbocycles. The van der Waals surface area contributed by atoms with Gasteiger partial charge in [-0.25, -0.2) is 4.79 Å². The highest BCUT2D eigenvalue weighted by Gasteiger charge is 2.29. The number of nitrogens with zero attached hydrogens (tertiary/aromatic N) is 1. The third-order valence-corrected chi connectivity index (χ3v) is 4.31. The van der Waals surface area contributed by atoms with E-state index in [0.29, 0.717) is 12.1 Å². The predicted molar refractivity (Wildman–Crippen MR) is 100 cm³/mol. The summed E-state index contributed by atoms with van der Waals surface area (Å²) in [6, 6.07) is 13.4. The summed E-state index contributed by atoms with van der Waals surface area (Å²) in [5.41, 5.74) is 2.54. The largest absolute Gasteiger partial charge is 0.449 e. The first-order valence-corrected chi connectivity index (χ1v) is 8.77. The normalized spacial score (nSPS) is 14.2. The number of rotatable bonds is 6. The Labute approximate surface area is 161 Å². The van der Waals surface area contributed by atoms with Crippen LogP contribution < -0.4 is 9.64 Å². The van der Waals surface area contributed by atoms with Crippen LogP contribution in [0, 0.1) is 0 Å². The lowest BCUT2D eigenvalue weighted by Gasteiger charge is -2.21. The second-order valence-electron chi connectivity index (χ2n) is 6.23. The van der Waals surface area contributed by atoms with Crippen molar-refractivity contribution in [2.75, 3.05) is 11.4 Å². The summed E-state index contributed by atoms with van der Waals surface area (Å²) in [6.07, 6.45) is 2.50. The molecular weight excluding hydrogens is 368 g/mol. The van der Waals surface area contributed by atoms with E-state index in [1.807, 2.05) is 24.3 Å². The number of benzene rings is 2. The maximum absolute atomic E-state index is 12.6. The summed E-state index contributed by atoms with van der Waals surface area (Å²) in [7, 11) is 0. The van der Waals surface area contributed by atoms with E-state index in [2.05, 4.69) is 4.74 Å². The summed E-state index contributed by atoms with van der Waals surface area (Å²) >= 11 is 0. The van der Waals surface area contributed by atoms with Gasteiger partial charge in [-0.1, -0.05) is 30.3 Å². The Hall–Kier alpha value is -3.22. The molecule has 0 spiro atoms. The Morgan fingerprint density at radius 1 is 1.11 bits per heavy atom. The third-order valence-electron chi connectivity index (χ3n) is 4.31. The highest BCUT2D eigenvalue weighted by molar-refractivity contribution is 6.00. The van der Waals surface area contributed by atoms with Crippen molar-refractivity contribution in [1.29, 1.82) is 0 Å². The molecule has 0 radical (unpaired) electrons. The zero-order valence-electron chi connectivity index (χ0n) is 15.2. The van der Waals surface area contributed by atoms with Gasteiger partial charge in [0, 0.05) is 18.3 Å². The second kappa shape index (κ2) is 8.65. The predicted octanol–water partition coefficient (Wildman–Crippen LogP) is 3.82. The van der Waals surface area contributed by atoms with E-state index in [-0.39, 0.29) is 11.7 Å². The van der Waals surface area contributed by atoms with Crippen LogP contribution in [0.1, 0.15) is 18.1 Å².